The maximum atomic E-state index is 11.1. The minimum Gasteiger partial charge on any atom is -0.478 e. The molecular weight excluding hydrogens is 226 g/mol. The highest BCUT2D eigenvalue weighted by molar-refractivity contribution is 5.89. The molecule has 0 heterocycles. The molecule has 1 aliphatic rings. The van der Waals surface area contributed by atoms with E-state index in [0.29, 0.717) is 12.1 Å². The zero-order chi connectivity index (χ0) is 12.8. The van der Waals surface area contributed by atoms with E-state index < -0.39 is 5.97 Å². The van der Waals surface area contributed by atoms with Gasteiger partial charge in [-0.25, -0.2) is 4.79 Å². The average Bonchev–Trinajstić information content (AvgIpc) is 2.40. The molecule has 1 aromatic carbocycles. The van der Waals surface area contributed by atoms with Crippen LogP contribution in [0.5, 0.6) is 0 Å². The molecule has 2 N–H and O–H groups in total. The van der Waals surface area contributed by atoms with E-state index in [1.54, 1.807) is 12.1 Å². The Morgan fingerprint density at radius 2 is 1.94 bits per heavy atom. The second-order valence-electron chi connectivity index (χ2n) is 5.10. The van der Waals surface area contributed by atoms with Crippen molar-refractivity contribution in [3.8, 4) is 0 Å². The van der Waals surface area contributed by atoms with Crippen molar-refractivity contribution in [3.05, 3.63) is 35.4 Å². The van der Waals surface area contributed by atoms with Gasteiger partial charge in [0.1, 0.15) is 0 Å². The summed E-state index contributed by atoms with van der Waals surface area (Å²) in [7, 11) is 0. The number of benzene rings is 1. The summed E-state index contributed by atoms with van der Waals surface area (Å²) in [6.07, 6.45) is 6.69. The van der Waals surface area contributed by atoms with Gasteiger partial charge in [-0.3, -0.25) is 0 Å². The van der Waals surface area contributed by atoms with Crippen molar-refractivity contribution in [2.75, 3.05) is 6.54 Å². The van der Waals surface area contributed by atoms with E-state index in [1.165, 1.54) is 32.1 Å². The average molecular weight is 247 g/mol. The lowest BCUT2D eigenvalue weighted by atomic mass is 9.89. The van der Waals surface area contributed by atoms with Crippen LogP contribution in [-0.4, -0.2) is 17.6 Å². The molecule has 0 radical (unpaired) electrons. The predicted molar refractivity (Wildman–Crippen MR) is 71.7 cm³/mol. The van der Waals surface area contributed by atoms with E-state index in [1.807, 2.05) is 12.1 Å². The molecule has 1 aromatic rings. The van der Waals surface area contributed by atoms with Crippen molar-refractivity contribution in [2.45, 2.75) is 38.6 Å². The van der Waals surface area contributed by atoms with Crippen LogP contribution in [0, 0.1) is 5.92 Å². The fraction of sp³-hybridized carbons (Fsp3) is 0.533. The molecule has 0 amide bonds. The molecule has 98 valence electrons. The molecule has 2 rings (SSSR count). The van der Waals surface area contributed by atoms with Gasteiger partial charge in [0.05, 0.1) is 5.56 Å². The van der Waals surface area contributed by atoms with Gasteiger partial charge in [-0.1, -0.05) is 37.5 Å². The second kappa shape index (κ2) is 6.55. The number of carboxylic acid groups (broad SMARTS) is 1. The molecule has 0 saturated heterocycles. The molecular formula is C15H21NO2. The number of hydrogen-bond acceptors (Lipinski definition) is 2. The van der Waals surface area contributed by atoms with Crippen LogP contribution in [0.4, 0.5) is 0 Å². The van der Waals surface area contributed by atoms with Crippen molar-refractivity contribution in [1.82, 2.24) is 5.32 Å². The molecule has 0 unspecified atom stereocenters. The summed E-state index contributed by atoms with van der Waals surface area (Å²) in [6.45, 7) is 1.66. The molecule has 1 fully saturated rings. The number of nitrogens with one attached hydrogen (secondary N) is 1. The fourth-order valence-corrected chi connectivity index (χ4v) is 2.69. The van der Waals surface area contributed by atoms with E-state index in [-0.39, 0.29) is 0 Å². The molecule has 0 bridgehead atoms. The second-order valence-corrected chi connectivity index (χ2v) is 5.10. The highest BCUT2D eigenvalue weighted by atomic mass is 16.4. The smallest absolute Gasteiger partial charge is 0.336 e. The maximum absolute atomic E-state index is 11.1. The third kappa shape index (κ3) is 3.57. The molecule has 3 nitrogen and oxygen atoms in total. The van der Waals surface area contributed by atoms with E-state index in [2.05, 4.69) is 5.32 Å². The van der Waals surface area contributed by atoms with Crippen LogP contribution in [-0.2, 0) is 6.54 Å². The number of carboxylic acids is 1. The predicted octanol–water partition coefficient (Wildman–Crippen LogP) is 3.05. The summed E-state index contributed by atoms with van der Waals surface area (Å²) < 4.78 is 0. The fourth-order valence-electron chi connectivity index (χ4n) is 2.69. The summed E-state index contributed by atoms with van der Waals surface area (Å²) in [4.78, 5) is 11.1. The van der Waals surface area contributed by atoms with E-state index in [4.69, 9.17) is 5.11 Å². The first-order valence-electron chi connectivity index (χ1n) is 6.79. The molecule has 0 atom stereocenters. The van der Waals surface area contributed by atoms with Gasteiger partial charge in [0, 0.05) is 6.54 Å². The molecule has 0 spiro atoms. The molecule has 1 aliphatic carbocycles. The van der Waals surface area contributed by atoms with Crippen LogP contribution in [0.25, 0.3) is 0 Å². The Hall–Kier alpha value is -1.35. The standard InChI is InChI=1S/C15H21NO2/c17-15(18)14-9-5-4-8-13(14)11-16-10-12-6-2-1-3-7-12/h4-5,8-9,12,16H,1-3,6-7,10-11H2,(H,17,18). The summed E-state index contributed by atoms with van der Waals surface area (Å²) in [6, 6.07) is 7.22. The minimum atomic E-state index is -0.843. The van der Waals surface area contributed by atoms with Crippen LogP contribution < -0.4 is 5.32 Å². The van der Waals surface area contributed by atoms with E-state index >= 15 is 0 Å². The zero-order valence-electron chi connectivity index (χ0n) is 10.7. The van der Waals surface area contributed by atoms with E-state index in [0.717, 1.165) is 18.0 Å². The van der Waals surface area contributed by atoms with Gasteiger partial charge in [0.25, 0.3) is 0 Å². The summed E-state index contributed by atoms with van der Waals surface area (Å²) in [5.74, 6) is -0.0687. The number of aromatic carboxylic acids is 1. The van der Waals surface area contributed by atoms with Crippen molar-refractivity contribution >= 4 is 5.97 Å². The lowest BCUT2D eigenvalue weighted by molar-refractivity contribution is 0.0695. The van der Waals surface area contributed by atoms with Crippen molar-refractivity contribution in [3.63, 3.8) is 0 Å². The maximum Gasteiger partial charge on any atom is 0.336 e. The van der Waals surface area contributed by atoms with Gasteiger partial charge < -0.3 is 10.4 Å². The number of hydrogen-bond donors (Lipinski definition) is 2. The van der Waals surface area contributed by atoms with Gasteiger partial charge in [-0.2, -0.15) is 0 Å². The largest absolute Gasteiger partial charge is 0.478 e. The lowest BCUT2D eigenvalue weighted by Gasteiger charge is -2.22. The quantitative estimate of drug-likeness (QED) is 0.840. The SMILES string of the molecule is O=C(O)c1ccccc1CNCC1CCCCC1. The summed E-state index contributed by atoms with van der Waals surface area (Å²) in [5, 5.41) is 12.5. The van der Waals surface area contributed by atoms with Crippen LogP contribution in [0.2, 0.25) is 0 Å². The number of carbonyl (C=O) groups is 1. The van der Waals surface area contributed by atoms with Crippen molar-refractivity contribution in [2.24, 2.45) is 5.92 Å². The molecule has 0 aliphatic heterocycles. The van der Waals surface area contributed by atoms with Gasteiger partial charge in [0.15, 0.2) is 0 Å². The molecule has 0 aromatic heterocycles. The Morgan fingerprint density at radius 1 is 1.22 bits per heavy atom. The highest BCUT2D eigenvalue weighted by Gasteiger charge is 2.13. The van der Waals surface area contributed by atoms with Crippen LogP contribution in [0.3, 0.4) is 0 Å². The zero-order valence-corrected chi connectivity index (χ0v) is 10.7. The molecule has 18 heavy (non-hydrogen) atoms. The van der Waals surface area contributed by atoms with Gasteiger partial charge in [-0.15, -0.1) is 0 Å². The topological polar surface area (TPSA) is 49.3 Å². The molecule has 1 saturated carbocycles. The van der Waals surface area contributed by atoms with Crippen molar-refractivity contribution in [1.29, 1.82) is 0 Å². The van der Waals surface area contributed by atoms with Crippen molar-refractivity contribution < 1.29 is 9.90 Å². The Labute approximate surface area is 108 Å². The Bertz CT molecular complexity index is 397. The van der Waals surface area contributed by atoms with Crippen LogP contribution >= 0.6 is 0 Å². The Balaban J connectivity index is 1.84. The Kier molecular flexibility index (Phi) is 4.76. The first kappa shape index (κ1) is 13.1. The first-order chi connectivity index (χ1) is 8.77. The highest BCUT2D eigenvalue weighted by Crippen LogP contribution is 2.22. The minimum absolute atomic E-state index is 0.411. The summed E-state index contributed by atoms with van der Waals surface area (Å²) in [5.41, 5.74) is 1.29. The lowest BCUT2D eigenvalue weighted by Crippen LogP contribution is -2.24. The monoisotopic (exact) mass is 247 g/mol. The third-order valence-corrected chi connectivity index (χ3v) is 3.72. The Morgan fingerprint density at radius 3 is 2.67 bits per heavy atom. The van der Waals surface area contributed by atoms with Gasteiger partial charge in [0.2, 0.25) is 0 Å². The number of rotatable bonds is 5. The normalized spacial score (nSPS) is 16.7. The van der Waals surface area contributed by atoms with Gasteiger partial charge in [-0.05, 0) is 36.9 Å². The van der Waals surface area contributed by atoms with Crippen LogP contribution in [0.15, 0.2) is 24.3 Å². The first-order valence-corrected chi connectivity index (χ1v) is 6.79. The third-order valence-electron chi connectivity index (χ3n) is 3.72. The van der Waals surface area contributed by atoms with Crippen LogP contribution in [0.1, 0.15) is 48.0 Å². The van der Waals surface area contributed by atoms with Gasteiger partial charge >= 0.3 is 5.97 Å². The summed E-state index contributed by atoms with van der Waals surface area (Å²) >= 11 is 0. The molecule has 3 heteroatoms. The van der Waals surface area contributed by atoms with E-state index in [9.17, 15) is 4.79 Å².